The van der Waals surface area contributed by atoms with E-state index >= 15 is 0 Å². The SMILES string of the molecule is O=C(COc1cccc2c(=O)[nH]ccc12)Nc1ccccc1F. The molecule has 0 spiro atoms. The van der Waals surface area contributed by atoms with E-state index in [4.69, 9.17) is 4.74 Å². The highest BCUT2D eigenvalue weighted by molar-refractivity contribution is 5.92. The molecule has 3 aromatic rings. The van der Waals surface area contributed by atoms with Crippen molar-refractivity contribution in [1.29, 1.82) is 0 Å². The van der Waals surface area contributed by atoms with Gasteiger partial charge < -0.3 is 15.0 Å². The summed E-state index contributed by atoms with van der Waals surface area (Å²) in [5.41, 5.74) is -0.140. The van der Waals surface area contributed by atoms with Crippen molar-refractivity contribution in [2.24, 2.45) is 0 Å². The Morgan fingerprint density at radius 2 is 1.91 bits per heavy atom. The average Bonchev–Trinajstić information content (AvgIpc) is 2.55. The lowest BCUT2D eigenvalue weighted by molar-refractivity contribution is -0.118. The Hall–Kier alpha value is -3.15. The average molecular weight is 312 g/mol. The molecule has 1 amide bonds. The number of benzene rings is 2. The van der Waals surface area contributed by atoms with E-state index in [-0.39, 0.29) is 17.9 Å². The van der Waals surface area contributed by atoms with Gasteiger partial charge in [-0.1, -0.05) is 18.2 Å². The normalized spacial score (nSPS) is 10.5. The van der Waals surface area contributed by atoms with Crippen LogP contribution in [-0.2, 0) is 4.79 Å². The first kappa shape index (κ1) is 14.8. The van der Waals surface area contributed by atoms with Gasteiger partial charge in [0.2, 0.25) is 0 Å². The number of carbonyl (C=O) groups is 1. The third-order valence-corrected chi connectivity index (χ3v) is 3.28. The first-order valence-electron chi connectivity index (χ1n) is 6.93. The maximum absolute atomic E-state index is 13.5. The number of rotatable bonds is 4. The summed E-state index contributed by atoms with van der Waals surface area (Å²) in [4.78, 5) is 26.2. The molecule has 0 fully saturated rings. The van der Waals surface area contributed by atoms with Gasteiger partial charge in [0.1, 0.15) is 11.6 Å². The molecule has 0 bridgehead atoms. The van der Waals surface area contributed by atoms with E-state index in [1.165, 1.54) is 24.4 Å². The maximum atomic E-state index is 13.5. The first-order chi connectivity index (χ1) is 11.1. The summed E-state index contributed by atoms with van der Waals surface area (Å²) >= 11 is 0. The van der Waals surface area contributed by atoms with Gasteiger partial charge in [-0.3, -0.25) is 9.59 Å². The molecule has 6 heteroatoms. The van der Waals surface area contributed by atoms with Crippen molar-refractivity contribution in [3.05, 3.63) is 70.9 Å². The third kappa shape index (κ3) is 3.21. The van der Waals surface area contributed by atoms with Gasteiger partial charge in [0, 0.05) is 11.6 Å². The van der Waals surface area contributed by atoms with Crippen molar-refractivity contribution in [2.45, 2.75) is 0 Å². The third-order valence-electron chi connectivity index (χ3n) is 3.28. The monoisotopic (exact) mass is 312 g/mol. The highest BCUT2D eigenvalue weighted by atomic mass is 19.1. The predicted molar refractivity (Wildman–Crippen MR) is 85.1 cm³/mol. The molecule has 0 unspecified atom stereocenters. The van der Waals surface area contributed by atoms with Crippen LogP contribution in [0.3, 0.4) is 0 Å². The van der Waals surface area contributed by atoms with E-state index in [2.05, 4.69) is 10.3 Å². The molecule has 3 rings (SSSR count). The number of H-pyrrole nitrogens is 1. The number of carbonyl (C=O) groups excluding carboxylic acids is 1. The smallest absolute Gasteiger partial charge is 0.262 e. The van der Waals surface area contributed by atoms with E-state index in [1.807, 2.05) is 0 Å². The predicted octanol–water partition coefficient (Wildman–Crippen LogP) is 2.68. The number of para-hydroxylation sites is 1. The number of pyridine rings is 1. The van der Waals surface area contributed by atoms with Gasteiger partial charge in [-0.05, 0) is 30.3 Å². The van der Waals surface area contributed by atoms with Crippen molar-refractivity contribution < 1.29 is 13.9 Å². The van der Waals surface area contributed by atoms with Crippen molar-refractivity contribution in [3.63, 3.8) is 0 Å². The lowest BCUT2D eigenvalue weighted by Gasteiger charge is -2.10. The van der Waals surface area contributed by atoms with E-state index in [0.29, 0.717) is 16.5 Å². The van der Waals surface area contributed by atoms with Gasteiger partial charge in [-0.2, -0.15) is 0 Å². The molecule has 0 radical (unpaired) electrons. The Morgan fingerprint density at radius 3 is 2.74 bits per heavy atom. The van der Waals surface area contributed by atoms with E-state index in [9.17, 15) is 14.0 Å². The number of halogens is 1. The van der Waals surface area contributed by atoms with Crippen molar-refractivity contribution in [1.82, 2.24) is 4.98 Å². The van der Waals surface area contributed by atoms with Crippen LogP contribution in [0.15, 0.2) is 59.5 Å². The summed E-state index contributed by atoms with van der Waals surface area (Å²) < 4.78 is 18.9. The highest BCUT2D eigenvalue weighted by Gasteiger charge is 2.09. The van der Waals surface area contributed by atoms with Gasteiger partial charge >= 0.3 is 0 Å². The Kier molecular flexibility index (Phi) is 4.05. The second-order valence-electron chi connectivity index (χ2n) is 4.84. The molecule has 116 valence electrons. The molecule has 1 aromatic heterocycles. The molecule has 0 aliphatic heterocycles. The second kappa shape index (κ2) is 6.31. The molecule has 2 aromatic carbocycles. The molecular weight excluding hydrogens is 299 g/mol. The van der Waals surface area contributed by atoms with Crippen molar-refractivity contribution >= 4 is 22.4 Å². The second-order valence-corrected chi connectivity index (χ2v) is 4.84. The Bertz CT molecular complexity index is 921. The number of aromatic amines is 1. The molecule has 0 saturated carbocycles. The van der Waals surface area contributed by atoms with Gasteiger partial charge in [-0.25, -0.2) is 4.39 Å². The fraction of sp³-hybridized carbons (Fsp3) is 0.0588. The molecule has 0 aliphatic carbocycles. The number of aromatic nitrogens is 1. The van der Waals surface area contributed by atoms with Crippen molar-refractivity contribution in [3.8, 4) is 5.75 Å². The van der Waals surface area contributed by atoms with Crippen LogP contribution >= 0.6 is 0 Å². The van der Waals surface area contributed by atoms with Crippen LogP contribution in [0.1, 0.15) is 0 Å². The van der Waals surface area contributed by atoms with Gasteiger partial charge in [0.05, 0.1) is 11.1 Å². The first-order valence-corrected chi connectivity index (χ1v) is 6.93. The number of amides is 1. The quantitative estimate of drug-likeness (QED) is 0.778. The lowest BCUT2D eigenvalue weighted by Crippen LogP contribution is -2.21. The van der Waals surface area contributed by atoms with Crippen LogP contribution in [0.25, 0.3) is 10.8 Å². The summed E-state index contributed by atoms with van der Waals surface area (Å²) in [6.07, 6.45) is 1.51. The Morgan fingerprint density at radius 1 is 1.09 bits per heavy atom. The van der Waals surface area contributed by atoms with Crippen LogP contribution in [0.2, 0.25) is 0 Å². The minimum atomic E-state index is -0.516. The highest BCUT2D eigenvalue weighted by Crippen LogP contribution is 2.22. The van der Waals surface area contributed by atoms with Crippen molar-refractivity contribution in [2.75, 3.05) is 11.9 Å². The van der Waals surface area contributed by atoms with E-state index in [0.717, 1.165) is 0 Å². The van der Waals surface area contributed by atoms with E-state index in [1.54, 1.807) is 30.3 Å². The van der Waals surface area contributed by atoms with Crippen LogP contribution in [-0.4, -0.2) is 17.5 Å². The minimum Gasteiger partial charge on any atom is -0.483 e. The number of fused-ring (bicyclic) bond motifs is 1. The van der Waals surface area contributed by atoms with Crippen LogP contribution < -0.4 is 15.6 Å². The summed E-state index contributed by atoms with van der Waals surface area (Å²) in [6.45, 7) is -0.291. The zero-order valence-corrected chi connectivity index (χ0v) is 12.0. The molecule has 0 atom stereocenters. The standard InChI is InChI=1S/C17H13FN2O3/c18-13-5-1-2-6-14(13)20-16(21)10-23-15-7-3-4-12-11(15)8-9-19-17(12)22/h1-9H,10H2,(H,19,22)(H,20,21). The summed E-state index contributed by atoms with van der Waals surface area (Å²) in [5, 5.41) is 3.51. The van der Waals surface area contributed by atoms with Crippen LogP contribution in [0.5, 0.6) is 5.75 Å². The Labute approximate surface area is 130 Å². The van der Waals surface area contributed by atoms with E-state index < -0.39 is 11.7 Å². The molecule has 1 heterocycles. The zero-order valence-electron chi connectivity index (χ0n) is 12.0. The maximum Gasteiger partial charge on any atom is 0.262 e. The van der Waals surface area contributed by atoms with Crippen LogP contribution in [0, 0.1) is 5.82 Å². The summed E-state index contributed by atoms with van der Waals surface area (Å²) in [7, 11) is 0. The largest absolute Gasteiger partial charge is 0.483 e. The topological polar surface area (TPSA) is 71.2 Å². The zero-order chi connectivity index (χ0) is 16.2. The lowest BCUT2D eigenvalue weighted by atomic mass is 10.1. The fourth-order valence-electron chi connectivity index (χ4n) is 2.21. The molecule has 0 aliphatic rings. The van der Waals surface area contributed by atoms with Crippen LogP contribution in [0.4, 0.5) is 10.1 Å². The number of hydrogen-bond donors (Lipinski definition) is 2. The molecule has 23 heavy (non-hydrogen) atoms. The van der Waals surface area contributed by atoms with Gasteiger partial charge in [-0.15, -0.1) is 0 Å². The number of anilines is 1. The number of ether oxygens (including phenoxy) is 1. The molecular formula is C17H13FN2O3. The summed E-state index contributed by atoms with van der Waals surface area (Å²) in [6, 6.07) is 12.6. The molecule has 0 saturated heterocycles. The molecule has 2 N–H and O–H groups in total. The molecule has 5 nitrogen and oxygen atoms in total. The minimum absolute atomic E-state index is 0.0930. The number of nitrogens with one attached hydrogen (secondary N) is 2. The fourth-order valence-corrected chi connectivity index (χ4v) is 2.21. The summed E-state index contributed by atoms with van der Waals surface area (Å²) in [5.74, 6) is -0.591. The Balaban J connectivity index is 1.74. The number of hydrogen-bond acceptors (Lipinski definition) is 3. The van der Waals surface area contributed by atoms with Gasteiger partial charge in [0.25, 0.3) is 11.5 Å². The van der Waals surface area contributed by atoms with Gasteiger partial charge in [0.15, 0.2) is 6.61 Å².